The van der Waals surface area contributed by atoms with E-state index < -0.39 is 11.8 Å². The van der Waals surface area contributed by atoms with Gasteiger partial charge in [0.05, 0.1) is 0 Å². The van der Waals surface area contributed by atoms with Crippen molar-refractivity contribution in [2.75, 3.05) is 11.1 Å². The topological polar surface area (TPSA) is 147 Å². The van der Waals surface area contributed by atoms with Crippen molar-refractivity contribution in [3.63, 3.8) is 0 Å². The highest BCUT2D eigenvalue weighted by Gasteiger charge is 2.33. The van der Waals surface area contributed by atoms with Gasteiger partial charge >= 0.3 is 6.09 Å². The molecule has 1 amide bonds. The number of fused-ring (bicyclic) bond motifs is 1. The molecular formula is C16H17N9O2. The van der Waals surface area contributed by atoms with E-state index in [9.17, 15) is 4.79 Å². The van der Waals surface area contributed by atoms with Crippen molar-refractivity contribution >= 4 is 23.5 Å². The van der Waals surface area contributed by atoms with Crippen LogP contribution in [0.5, 0.6) is 0 Å². The van der Waals surface area contributed by atoms with Gasteiger partial charge in [-0.05, 0) is 32.1 Å². The Hall–Kier alpha value is -3.73. The number of nitrogen functional groups attached to an aromatic ring is 1. The first-order valence-electron chi connectivity index (χ1n) is 8.08. The standard InChI is InChI=1S/C16H17N9O2/c1-9-18-12(21-14(17)19-9)11-13(20-10-5-3-4-7-24(10)11)22-16(2)6-8-25(23-16)15(26)27/h3-8,22-23H,1-2H3,(H,26,27)(H2,17,18,19,21). The van der Waals surface area contributed by atoms with Gasteiger partial charge in [0.15, 0.2) is 11.6 Å². The van der Waals surface area contributed by atoms with E-state index in [0.717, 1.165) is 5.01 Å². The summed E-state index contributed by atoms with van der Waals surface area (Å²) in [6.45, 7) is 3.51. The van der Waals surface area contributed by atoms with E-state index in [-0.39, 0.29) is 5.95 Å². The van der Waals surface area contributed by atoms with Gasteiger partial charge in [0.25, 0.3) is 0 Å². The number of hydrazine groups is 1. The van der Waals surface area contributed by atoms with E-state index in [2.05, 4.69) is 30.7 Å². The number of aryl methyl sites for hydroxylation is 1. The molecule has 1 aliphatic rings. The fourth-order valence-electron chi connectivity index (χ4n) is 2.88. The third kappa shape index (κ3) is 3.00. The molecule has 0 fully saturated rings. The fourth-order valence-corrected chi connectivity index (χ4v) is 2.88. The summed E-state index contributed by atoms with van der Waals surface area (Å²) >= 11 is 0. The van der Waals surface area contributed by atoms with E-state index >= 15 is 0 Å². The number of nitrogens with two attached hydrogens (primary N) is 1. The van der Waals surface area contributed by atoms with Crippen LogP contribution < -0.4 is 16.5 Å². The Labute approximate surface area is 153 Å². The molecule has 0 aromatic carbocycles. The molecule has 4 rings (SSSR count). The number of carboxylic acid groups (broad SMARTS) is 1. The number of anilines is 2. The van der Waals surface area contributed by atoms with E-state index in [4.69, 9.17) is 10.8 Å². The molecule has 0 saturated heterocycles. The Morgan fingerprint density at radius 1 is 1.30 bits per heavy atom. The largest absolute Gasteiger partial charge is 0.464 e. The van der Waals surface area contributed by atoms with E-state index in [0.29, 0.717) is 28.8 Å². The summed E-state index contributed by atoms with van der Waals surface area (Å²) in [5.41, 5.74) is 9.03. The highest BCUT2D eigenvalue weighted by atomic mass is 16.4. The third-order valence-corrected chi connectivity index (χ3v) is 4.00. The van der Waals surface area contributed by atoms with Crippen molar-refractivity contribution in [1.82, 2.24) is 34.8 Å². The van der Waals surface area contributed by atoms with Gasteiger partial charge in [0.1, 0.15) is 22.8 Å². The number of hydrogen-bond donors (Lipinski definition) is 4. The second kappa shape index (κ2) is 5.92. The zero-order chi connectivity index (χ0) is 19.2. The molecule has 27 heavy (non-hydrogen) atoms. The van der Waals surface area contributed by atoms with Crippen molar-refractivity contribution in [1.29, 1.82) is 0 Å². The second-order valence-corrected chi connectivity index (χ2v) is 6.21. The molecule has 1 aliphatic heterocycles. The van der Waals surface area contributed by atoms with Crippen LogP contribution in [0.3, 0.4) is 0 Å². The molecule has 0 bridgehead atoms. The van der Waals surface area contributed by atoms with Crippen molar-refractivity contribution in [3.05, 3.63) is 42.5 Å². The molecule has 11 heteroatoms. The number of hydrogen-bond acceptors (Lipinski definition) is 8. The van der Waals surface area contributed by atoms with Gasteiger partial charge in [-0.2, -0.15) is 15.4 Å². The number of aromatic nitrogens is 5. The number of nitrogens with zero attached hydrogens (tertiary/aromatic N) is 6. The van der Waals surface area contributed by atoms with Crippen LogP contribution in [0.25, 0.3) is 17.2 Å². The molecule has 0 radical (unpaired) electrons. The Kier molecular flexibility index (Phi) is 3.66. The van der Waals surface area contributed by atoms with Gasteiger partial charge in [-0.15, -0.1) is 0 Å². The maximum absolute atomic E-state index is 11.2. The molecule has 0 saturated carbocycles. The summed E-state index contributed by atoms with van der Waals surface area (Å²) in [5.74, 6) is 1.42. The predicted octanol–water partition coefficient (Wildman–Crippen LogP) is 1.22. The number of nitrogens with one attached hydrogen (secondary N) is 2. The minimum absolute atomic E-state index is 0.108. The molecule has 3 aromatic heterocycles. The highest BCUT2D eigenvalue weighted by Crippen LogP contribution is 2.30. The number of pyridine rings is 1. The van der Waals surface area contributed by atoms with Gasteiger partial charge in [-0.1, -0.05) is 6.07 Å². The SMILES string of the molecule is Cc1nc(N)nc(-c2c(NC3(C)C=CN(C(=O)O)N3)nc3ccccn23)n1. The summed E-state index contributed by atoms with van der Waals surface area (Å²) in [6.07, 6.45) is 3.83. The monoisotopic (exact) mass is 367 g/mol. The van der Waals surface area contributed by atoms with Crippen LogP contribution in [0, 0.1) is 6.92 Å². The van der Waals surface area contributed by atoms with Gasteiger partial charge < -0.3 is 16.2 Å². The van der Waals surface area contributed by atoms with Crippen molar-refractivity contribution in [2.24, 2.45) is 0 Å². The molecule has 1 atom stereocenters. The van der Waals surface area contributed by atoms with Crippen LogP contribution in [0.1, 0.15) is 12.7 Å². The van der Waals surface area contributed by atoms with E-state index in [1.54, 1.807) is 19.9 Å². The zero-order valence-corrected chi connectivity index (χ0v) is 14.6. The normalized spacial score (nSPS) is 19.0. The van der Waals surface area contributed by atoms with Crippen LogP contribution >= 0.6 is 0 Å². The minimum atomic E-state index is -1.12. The Balaban J connectivity index is 1.82. The molecular weight excluding hydrogens is 350 g/mol. The lowest BCUT2D eigenvalue weighted by Gasteiger charge is -2.26. The molecule has 1 unspecified atom stereocenters. The fraction of sp³-hybridized carbons (Fsp3) is 0.188. The highest BCUT2D eigenvalue weighted by molar-refractivity contribution is 5.74. The van der Waals surface area contributed by atoms with Crippen LogP contribution in [0.4, 0.5) is 16.6 Å². The van der Waals surface area contributed by atoms with Crippen LogP contribution in [-0.4, -0.2) is 46.2 Å². The average molecular weight is 367 g/mol. The van der Waals surface area contributed by atoms with Crippen molar-refractivity contribution in [2.45, 2.75) is 19.5 Å². The van der Waals surface area contributed by atoms with Crippen molar-refractivity contribution < 1.29 is 9.90 Å². The molecule has 4 heterocycles. The van der Waals surface area contributed by atoms with Crippen LogP contribution in [-0.2, 0) is 0 Å². The Morgan fingerprint density at radius 3 is 2.81 bits per heavy atom. The Morgan fingerprint density at radius 2 is 2.11 bits per heavy atom. The predicted molar refractivity (Wildman–Crippen MR) is 97.3 cm³/mol. The lowest BCUT2D eigenvalue weighted by molar-refractivity contribution is 0.140. The van der Waals surface area contributed by atoms with Crippen LogP contribution in [0.15, 0.2) is 36.7 Å². The summed E-state index contributed by atoms with van der Waals surface area (Å²) in [6, 6.07) is 5.57. The number of rotatable bonds is 3. The maximum atomic E-state index is 11.2. The first kappa shape index (κ1) is 16.7. The van der Waals surface area contributed by atoms with Crippen molar-refractivity contribution in [3.8, 4) is 11.5 Å². The third-order valence-electron chi connectivity index (χ3n) is 4.00. The minimum Gasteiger partial charge on any atom is -0.464 e. The van der Waals surface area contributed by atoms with E-state index in [1.807, 2.05) is 28.8 Å². The summed E-state index contributed by atoms with van der Waals surface area (Å²) < 4.78 is 1.83. The summed E-state index contributed by atoms with van der Waals surface area (Å²) in [4.78, 5) is 28.4. The number of carbonyl (C=O) groups is 1. The van der Waals surface area contributed by atoms with E-state index in [1.165, 1.54) is 6.20 Å². The smallest absolute Gasteiger partial charge is 0.426 e. The lowest BCUT2D eigenvalue weighted by atomic mass is 10.2. The van der Waals surface area contributed by atoms with Gasteiger partial charge in [-0.25, -0.2) is 19.8 Å². The Bertz CT molecular complexity index is 1060. The van der Waals surface area contributed by atoms with Gasteiger partial charge in [-0.3, -0.25) is 4.40 Å². The molecule has 5 N–H and O–H groups in total. The number of amides is 1. The molecule has 11 nitrogen and oxygen atoms in total. The van der Waals surface area contributed by atoms with Gasteiger partial charge in [0.2, 0.25) is 5.95 Å². The second-order valence-electron chi connectivity index (χ2n) is 6.21. The van der Waals surface area contributed by atoms with Crippen LogP contribution in [0.2, 0.25) is 0 Å². The maximum Gasteiger partial charge on any atom is 0.426 e. The molecule has 0 spiro atoms. The first-order valence-corrected chi connectivity index (χ1v) is 8.08. The molecule has 3 aromatic rings. The number of imidazole rings is 1. The first-order chi connectivity index (χ1) is 12.8. The lowest BCUT2D eigenvalue weighted by Crippen LogP contribution is -2.51. The van der Waals surface area contributed by atoms with Gasteiger partial charge in [0, 0.05) is 12.4 Å². The zero-order valence-electron chi connectivity index (χ0n) is 14.6. The summed E-state index contributed by atoms with van der Waals surface area (Å²) in [5, 5.41) is 13.3. The summed E-state index contributed by atoms with van der Waals surface area (Å²) in [7, 11) is 0. The molecule has 0 aliphatic carbocycles. The molecule has 138 valence electrons. The average Bonchev–Trinajstić information content (AvgIpc) is 3.14. The quantitative estimate of drug-likeness (QED) is 0.536.